The van der Waals surface area contributed by atoms with Gasteiger partial charge in [-0.25, -0.2) is 8.78 Å². The maximum Gasteiger partial charge on any atom is 0.257 e. The molecule has 0 radical (unpaired) electrons. The SMILES string of the molecule is COc1ccc([C@H](N)C(F)F)cc1C. The van der Waals surface area contributed by atoms with Gasteiger partial charge in [-0.2, -0.15) is 0 Å². The van der Waals surface area contributed by atoms with Crippen molar-refractivity contribution in [1.29, 1.82) is 0 Å². The summed E-state index contributed by atoms with van der Waals surface area (Å²) in [6.07, 6.45) is -2.54. The van der Waals surface area contributed by atoms with E-state index in [1.165, 1.54) is 7.11 Å². The van der Waals surface area contributed by atoms with Crippen molar-refractivity contribution < 1.29 is 13.5 Å². The first-order valence-corrected chi connectivity index (χ1v) is 4.24. The first-order valence-electron chi connectivity index (χ1n) is 4.24. The standard InChI is InChI=1S/C10H13F2NO/c1-6-5-7(9(13)10(11)12)3-4-8(6)14-2/h3-5,9-10H,13H2,1-2H3/t9-/m0/s1. The molecule has 1 aromatic rings. The van der Waals surface area contributed by atoms with Crippen LogP contribution in [0.4, 0.5) is 8.78 Å². The van der Waals surface area contributed by atoms with Crippen molar-refractivity contribution in [2.24, 2.45) is 5.73 Å². The second kappa shape index (κ2) is 4.37. The van der Waals surface area contributed by atoms with E-state index < -0.39 is 12.5 Å². The lowest BCUT2D eigenvalue weighted by Gasteiger charge is -2.12. The Hall–Kier alpha value is -1.16. The lowest BCUT2D eigenvalue weighted by Crippen LogP contribution is -2.18. The first-order chi connectivity index (χ1) is 6.56. The van der Waals surface area contributed by atoms with Crippen molar-refractivity contribution in [3.8, 4) is 5.75 Å². The summed E-state index contributed by atoms with van der Waals surface area (Å²) < 4.78 is 29.6. The van der Waals surface area contributed by atoms with Crippen LogP contribution in [0.1, 0.15) is 17.2 Å². The quantitative estimate of drug-likeness (QED) is 0.814. The van der Waals surface area contributed by atoms with Gasteiger partial charge in [-0.05, 0) is 24.1 Å². The second-order valence-corrected chi connectivity index (χ2v) is 3.09. The third-order valence-corrected chi connectivity index (χ3v) is 2.08. The number of benzene rings is 1. The molecule has 0 unspecified atom stereocenters. The van der Waals surface area contributed by atoms with Gasteiger partial charge in [-0.1, -0.05) is 12.1 Å². The fourth-order valence-electron chi connectivity index (χ4n) is 1.25. The predicted molar refractivity (Wildman–Crippen MR) is 50.7 cm³/mol. The molecule has 0 aliphatic rings. The van der Waals surface area contributed by atoms with Crippen molar-refractivity contribution in [1.82, 2.24) is 0 Å². The zero-order valence-electron chi connectivity index (χ0n) is 8.13. The van der Waals surface area contributed by atoms with Crippen LogP contribution in [0.3, 0.4) is 0 Å². The highest BCUT2D eigenvalue weighted by molar-refractivity contribution is 5.37. The van der Waals surface area contributed by atoms with Crippen LogP contribution in [-0.4, -0.2) is 13.5 Å². The van der Waals surface area contributed by atoms with E-state index in [9.17, 15) is 8.78 Å². The molecule has 2 N–H and O–H groups in total. The van der Waals surface area contributed by atoms with Gasteiger partial charge in [-0.3, -0.25) is 0 Å². The number of alkyl halides is 2. The maximum absolute atomic E-state index is 12.3. The van der Waals surface area contributed by atoms with Gasteiger partial charge < -0.3 is 10.5 Å². The van der Waals surface area contributed by atoms with Crippen LogP contribution in [-0.2, 0) is 0 Å². The largest absolute Gasteiger partial charge is 0.496 e. The van der Waals surface area contributed by atoms with Crippen molar-refractivity contribution in [2.45, 2.75) is 19.4 Å². The number of hydrogen-bond donors (Lipinski definition) is 1. The van der Waals surface area contributed by atoms with Crippen LogP contribution >= 0.6 is 0 Å². The Morgan fingerprint density at radius 3 is 2.43 bits per heavy atom. The highest BCUT2D eigenvalue weighted by atomic mass is 19.3. The lowest BCUT2D eigenvalue weighted by molar-refractivity contribution is 0.116. The average Bonchev–Trinajstić information content (AvgIpc) is 2.16. The summed E-state index contributed by atoms with van der Waals surface area (Å²) in [6.45, 7) is 1.79. The van der Waals surface area contributed by atoms with Gasteiger partial charge >= 0.3 is 0 Å². The van der Waals surface area contributed by atoms with Gasteiger partial charge in [-0.15, -0.1) is 0 Å². The molecule has 0 saturated heterocycles. The summed E-state index contributed by atoms with van der Waals surface area (Å²) in [6, 6.07) is 3.60. The molecule has 0 fully saturated rings. The number of aryl methyl sites for hydroxylation is 1. The van der Waals surface area contributed by atoms with E-state index in [1.807, 2.05) is 0 Å². The van der Waals surface area contributed by atoms with Crippen molar-refractivity contribution in [3.63, 3.8) is 0 Å². The first kappa shape index (κ1) is 10.9. The molecule has 1 atom stereocenters. The number of halogens is 2. The molecular weight excluding hydrogens is 188 g/mol. The van der Waals surface area contributed by atoms with Gasteiger partial charge in [0.05, 0.1) is 13.2 Å². The molecular formula is C10H13F2NO. The third-order valence-electron chi connectivity index (χ3n) is 2.08. The average molecular weight is 201 g/mol. The zero-order chi connectivity index (χ0) is 10.7. The summed E-state index contributed by atoms with van der Waals surface area (Å²) in [4.78, 5) is 0. The van der Waals surface area contributed by atoms with E-state index in [0.29, 0.717) is 11.3 Å². The molecule has 1 aromatic carbocycles. The van der Waals surface area contributed by atoms with Crippen LogP contribution < -0.4 is 10.5 Å². The van der Waals surface area contributed by atoms with Gasteiger partial charge in [0.1, 0.15) is 5.75 Å². The third kappa shape index (κ3) is 2.20. The molecule has 0 amide bonds. The van der Waals surface area contributed by atoms with Gasteiger partial charge in [0.15, 0.2) is 0 Å². The molecule has 0 bridgehead atoms. The Balaban J connectivity index is 2.96. The van der Waals surface area contributed by atoms with Crippen LogP contribution in [0.25, 0.3) is 0 Å². The van der Waals surface area contributed by atoms with E-state index in [-0.39, 0.29) is 0 Å². The lowest BCUT2D eigenvalue weighted by atomic mass is 10.0. The molecule has 0 heterocycles. The summed E-state index contributed by atoms with van der Waals surface area (Å²) in [7, 11) is 1.54. The maximum atomic E-state index is 12.3. The Morgan fingerprint density at radius 1 is 1.36 bits per heavy atom. The minimum Gasteiger partial charge on any atom is -0.496 e. The Bertz CT molecular complexity index is 315. The van der Waals surface area contributed by atoms with Crippen molar-refractivity contribution >= 4 is 0 Å². The monoisotopic (exact) mass is 201 g/mol. The van der Waals surface area contributed by atoms with Crippen LogP contribution in [0.15, 0.2) is 18.2 Å². The van der Waals surface area contributed by atoms with Crippen LogP contribution in [0.5, 0.6) is 5.75 Å². The van der Waals surface area contributed by atoms with E-state index in [4.69, 9.17) is 10.5 Å². The zero-order valence-corrected chi connectivity index (χ0v) is 8.13. The Kier molecular flexibility index (Phi) is 3.41. The van der Waals surface area contributed by atoms with Crippen molar-refractivity contribution in [2.75, 3.05) is 7.11 Å². The number of ether oxygens (including phenoxy) is 1. The topological polar surface area (TPSA) is 35.2 Å². The van der Waals surface area contributed by atoms with Gasteiger partial charge in [0.25, 0.3) is 6.43 Å². The highest BCUT2D eigenvalue weighted by Crippen LogP contribution is 2.24. The van der Waals surface area contributed by atoms with Crippen LogP contribution in [0, 0.1) is 6.92 Å². The minimum absolute atomic E-state index is 0.429. The fraction of sp³-hybridized carbons (Fsp3) is 0.400. The predicted octanol–water partition coefficient (Wildman–Crippen LogP) is 2.27. The summed E-state index contributed by atoms with van der Waals surface area (Å²) >= 11 is 0. The molecule has 2 nitrogen and oxygen atoms in total. The molecule has 0 spiro atoms. The van der Waals surface area contributed by atoms with Gasteiger partial charge in [0, 0.05) is 0 Å². The van der Waals surface area contributed by atoms with Crippen LogP contribution in [0.2, 0.25) is 0 Å². The van der Waals surface area contributed by atoms with E-state index in [2.05, 4.69) is 0 Å². The number of methoxy groups -OCH3 is 1. The molecule has 0 aliphatic carbocycles. The Morgan fingerprint density at radius 2 is 2.00 bits per heavy atom. The smallest absolute Gasteiger partial charge is 0.257 e. The van der Waals surface area contributed by atoms with E-state index in [1.54, 1.807) is 25.1 Å². The number of nitrogens with two attached hydrogens (primary N) is 1. The molecule has 14 heavy (non-hydrogen) atoms. The Labute approximate surface area is 81.7 Å². The van der Waals surface area contributed by atoms with E-state index >= 15 is 0 Å². The van der Waals surface area contributed by atoms with E-state index in [0.717, 1.165) is 5.56 Å². The summed E-state index contributed by atoms with van der Waals surface area (Å²) in [5.74, 6) is 0.676. The summed E-state index contributed by atoms with van der Waals surface area (Å²) in [5.41, 5.74) is 6.54. The number of rotatable bonds is 3. The molecule has 0 aromatic heterocycles. The molecule has 0 saturated carbocycles. The van der Waals surface area contributed by atoms with Gasteiger partial charge in [0.2, 0.25) is 0 Å². The number of hydrogen-bond acceptors (Lipinski definition) is 2. The summed E-state index contributed by atoms with van der Waals surface area (Å²) in [5, 5.41) is 0. The minimum atomic E-state index is -2.54. The second-order valence-electron chi connectivity index (χ2n) is 3.09. The molecule has 78 valence electrons. The molecule has 1 rings (SSSR count). The highest BCUT2D eigenvalue weighted by Gasteiger charge is 2.17. The van der Waals surface area contributed by atoms with Crippen molar-refractivity contribution in [3.05, 3.63) is 29.3 Å². The molecule has 4 heteroatoms. The normalized spacial score (nSPS) is 13.0. The molecule has 0 aliphatic heterocycles. The fourth-order valence-corrected chi connectivity index (χ4v) is 1.25.